The molecule has 4 rings (SSSR count). The molecule has 0 radical (unpaired) electrons. The molecule has 0 bridgehead atoms. The molecule has 2 aliphatic heterocycles. The molecule has 2 saturated heterocycles. The minimum absolute atomic E-state index is 0.0754. The van der Waals surface area contributed by atoms with E-state index in [2.05, 4.69) is 27.8 Å². The minimum Gasteiger partial charge on any atom is -0.361 e. The Bertz CT molecular complexity index is 815. The summed E-state index contributed by atoms with van der Waals surface area (Å²) in [5, 5.41) is 7.55. The van der Waals surface area contributed by atoms with Crippen LogP contribution in [-0.2, 0) is 16.0 Å². The van der Waals surface area contributed by atoms with Crippen LogP contribution in [0.15, 0.2) is 30.5 Å². The van der Waals surface area contributed by atoms with Gasteiger partial charge in [-0.05, 0) is 36.9 Å². The van der Waals surface area contributed by atoms with E-state index in [1.165, 1.54) is 10.9 Å². The second-order valence-electron chi connectivity index (χ2n) is 7.37. The first-order chi connectivity index (χ1) is 13.2. The van der Waals surface area contributed by atoms with Gasteiger partial charge < -0.3 is 20.5 Å². The van der Waals surface area contributed by atoms with E-state index >= 15 is 0 Å². The average molecular weight is 387 g/mol. The van der Waals surface area contributed by atoms with E-state index < -0.39 is 0 Å². The number of hydrogen-bond acceptors (Lipinski definition) is 4. The second kappa shape index (κ2) is 8.35. The lowest BCUT2D eigenvalue weighted by molar-refractivity contribution is -0.131. The molecule has 2 aliphatic rings. The number of para-hydroxylation sites is 1. The molecule has 2 amide bonds. The molecule has 6 nitrogen and oxygen atoms in total. The topological polar surface area (TPSA) is 77.2 Å². The van der Waals surface area contributed by atoms with Gasteiger partial charge in [0, 0.05) is 42.4 Å². The third kappa shape index (κ3) is 4.30. The largest absolute Gasteiger partial charge is 0.361 e. The van der Waals surface area contributed by atoms with Gasteiger partial charge in [-0.1, -0.05) is 18.2 Å². The predicted octanol–water partition coefficient (Wildman–Crippen LogP) is 1.73. The van der Waals surface area contributed by atoms with Crippen molar-refractivity contribution in [2.24, 2.45) is 5.92 Å². The Balaban J connectivity index is 1.20. The number of aromatic amines is 1. The molecule has 2 aromatic rings. The molecule has 0 saturated carbocycles. The van der Waals surface area contributed by atoms with Gasteiger partial charge in [0.2, 0.25) is 11.8 Å². The maximum absolute atomic E-state index is 12.4. The summed E-state index contributed by atoms with van der Waals surface area (Å²) >= 11 is 1.80. The van der Waals surface area contributed by atoms with E-state index in [1.807, 2.05) is 23.2 Å². The number of carbonyl (C=O) groups excluding carboxylic acids is 2. The fraction of sp³-hybridized carbons (Fsp3) is 0.500. The van der Waals surface area contributed by atoms with Gasteiger partial charge in [0.25, 0.3) is 0 Å². The number of nitrogens with one attached hydrogen (secondary N) is 3. The lowest BCUT2D eigenvalue weighted by Gasteiger charge is -2.19. The van der Waals surface area contributed by atoms with Crippen LogP contribution in [0.1, 0.15) is 18.4 Å². The Morgan fingerprint density at radius 1 is 1.30 bits per heavy atom. The molecule has 0 aliphatic carbocycles. The average Bonchev–Trinajstić information content (AvgIpc) is 3.42. The molecule has 1 aromatic carbocycles. The standard InChI is InChI=1S/C20H26N4O2S/c25-19(21-6-5-15-12-23-17-4-2-1-3-16(15)17)10-14-9-18(22-11-14)20(26)24-7-8-27-13-24/h1-4,12,14,18,22-23H,5-11,13H2,(H,21,25)/t14?,18-/m0/s1. The first-order valence-corrected chi connectivity index (χ1v) is 10.8. The molecule has 0 spiro atoms. The van der Waals surface area contributed by atoms with Gasteiger partial charge >= 0.3 is 0 Å². The summed E-state index contributed by atoms with van der Waals surface area (Å²) in [6, 6.07) is 8.09. The number of benzene rings is 1. The van der Waals surface area contributed by atoms with Gasteiger partial charge in [0.15, 0.2) is 0 Å². The van der Waals surface area contributed by atoms with Crippen LogP contribution in [0.5, 0.6) is 0 Å². The summed E-state index contributed by atoms with van der Waals surface area (Å²) in [6.07, 6.45) is 4.08. The van der Waals surface area contributed by atoms with Crippen LogP contribution in [0.3, 0.4) is 0 Å². The van der Waals surface area contributed by atoms with Crippen molar-refractivity contribution in [1.29, 1.82) is 0 Å². The third-order valence-electron chi connectivity index (χ3n) is 5.45. The van der Waals surface area contributed by atoms with Crippen molar-refractivity contribution in [3.8, 4) is 0 Å². The van der Waals surface area contributed by atoms with Gasteiger partial charge in [-0.3, -0.25) is 9.59 Å². The summed E-state index contributed by atoms with van der Waals surface area (Å²) in [4.78, 5) is 29.9. The number of rotatable bonds is 6. The highest BCUT2D eigenvalue weighted by atomic mass is 32.2. The van der Waals surface area contributed by atoms with E-state index in [1.54, 1.807) is 11.8 Å². The quantitative estimate of drug-likeness (QED) is 0.707. The number of fused-ring (bicyclic) bond motifs is 1. The maximum Gasteiger partial charge on any atom is 0.240 e. The van der Waals surface area contributed by atoms with E-state index in [4.69, 9.17) is 0 Å². The van der Waals surface area contributed by atoms with Crippen molar-refractivity contribution in [2.75, 3.05) is 31.3 Å². The Hall–Kier alpha value is -1.99. The fourth-order valence-corrected chi connectivity index (χ4v) is 4.93. The summed E-state index contributed by atoms with van der Waals surface area (Å²) in [5.74, 6) is 2.34. The minimum atomic E-state index is -0.118. The summed E-state index contributed by atoms with van der Waals surface area (Å²) in [5.41, 5.74) is 2.35. The zero-order valence-electron chi connectivity index (χ0n) is 15.4. The van der Waals surface area contributed by atoms with Gasteiger partial charge in [0.1, 0.15) is 0 Å². The van der Waals surface area contributed by atoms with Gasteiger partial charge in [0.05, 0.1) is 11.9 Å². The SMILES string of the molecule is O=C(CC1CN[C@H](C(=O)N2CCSC2)C1)NCCc1c[nH]c2ccccc12. The summed E-state index contributed by atoms with van der Waals surface area (Å²) in [6.45, 7) is 2.22. The van der Waals surface area contributed by atoms with Crippen LogP contribution < -0.4 is 10.6 Å². The van der Waals surface area contributed by atoms with Crippen LogP contribution in [0.4, 0.5) is 0 Å². The van der Waals surface area contributed by atoms with Crippen molar-refractivity contribution in [1.82, 2.24) is 20.5 Å². The van der Waals surface area contributed by atoms with Gasteiger partial charge in [-0.15, -0.1) is 11.8 Å². The van der Waals surface area contributed by atoms with Crippen molar-refractivity contribution in [2.45, 2.75) is 25.3 Å². The van der Waals surface area contributed by atoms with Crippen LogP contribution in [0.25, 0.3) is 10.9 Å². The first kappa shape index (κ1) is 18.4. The Kier molecular flexibility index (Phi) is 5.69. The van der Waals surface area contributed by atoms with Crippen LogP contribution >= 0.6 is 11.8 Å². The molecule has 2 fully saturated rings. The van der Waals surface area contributed by atoms with E-state index in [0.717, 1.165) is 43.1 Å². The highest BCUT2D eigenvalue weighted by Crippen LogP contribution is 2.22. The second-order valence-corrected chi connectivity index (χ2v) is 8.44. The number of thioether (sulfide) groups is 1. The highest BCUT2D eigenvalue weighted by molar-refractivity contribution is 7.99. The van der Waals surface area contributed by atoms with Crippen molar-refractivity contribution in [3.63, 3.8) is 0 Å². The molecule has 27 heavy (non-hydrogen) atoms. The number of hydrogen-bond donors (Lipinski definition) is 3. The molecule has 144 valence electrons. The molecule has 3 N–H and O–H groups in total. The number of amides is 2. The predicted molar refractivity (Wildman–Crippen MR) is 109 cm³/mol. The smallest absolute Gasteiger partial charge is 0.240 e. The summed E-state index contributed by atoms with van der Waals surface area (Å²) < 4.78 is 0. The molecule has 1 aromatic heterocycles. The number of carbonyl (C=O) groups is 2. The summed E-state index contributed by atoms with van der Waals surface area (Å²) in [7, 11) is 0. The van der Waals surface area contributed by atoms with Gasteiger partial charge in [-0.25, -0.2) is 0 Å². The van der Waals surface area contributed by atoms with Gasteiger partial charge in [-0.2, -0.15) is 0 Å². The zero-order chi connectivity index (χ0) is 18.6. The lowest BCUT2D eigenvalue weighted by atomic mass is 10.0. The number of aromatic nitrogens is 1. The fourth-order valence-electron chi connectivity index (χ4n) is 3.97. The first-order valence-electron chi connectivity index (χ1n) is 9.62. The van der Waals surface area contributed by atoms with Crippen LogP contribution in [0, 0.1) is 5.92 Å². The number of nitrogens with zero attached hydrogens (tertiary/aromatic N) is 1. The molecule has 3 heterocycles. The molecular formula is C20H26N4O2S. The molecule has 2 atom stereocenters. The normalized spacial score (nSPS) is 22.4. The van der Waals surface area contributed by atoms with E-state index in [9.17, 15) is 9.59 Å². The maximum atomic E-state index is 12.4. The molecular weight excluding hydrogens is 360 g/mol. The van der Waals surface area contributed by atoms with Crippen molar-refractivity contribution >= 4 is 34.5 Å². The Morgan fingerprint density at radius 3 is 3.04 bits per heavy atom. The van der Waals surface area contributed by atoms with E-state index in [-0.39, 0.29) is 23.8 Å². The Labute approximate surface area is 163 Å². The Morgan fingerprint density at radius 2 is 2.19 bits per heavy atom. The van der Waals surface area contributed by atoms with Crippen LogP contribution in [0.2, 0.25) is 0 Å². The highest BCUT2D eigenvalue weighted by Gasteiger charge is 2.34. The van der Waals surface area contributed by atoms with Crippen molar-refractivity contribution < 1.29 is 9.59 Å². The van der Waals surface area contributed by atoms with Crippen molar-refractivity contribution in [3.05, 3.63) is 36.0 Å². The van der Waals surface area contributed by atoms with E-state index in [0.29, 0.717) is 13.0 Å². The number of H-pyrrole nitrogens is 1. The molecule has 7 heteroatoms. The monoisotopic (exact) mass is 386 g/mol. The van der Waals surface area contributed by atoms with Crippen LogP contribution in [-0.4, -0.2) is 59.0 Å². The third-order valence-corrected chi connectivity index (χ3v) is 6.42. The zero-order valence-corrected chi connectivity index (χ0v) is 16.2. The lowest BCUT2D eigenvalue weighted by Crippen LogP contribution is -2.42. The molecule has 1 unspecified atom stereocenters.